The highest BCUT2D eigenvalue weighted by Crippen LogP contribution is 2.44. The Balaban J connectivity index is 1.89. The van der Waals surface area contributed by atoms with Gasteiger partial charge in [0.05, 0.1) is 23.7 Å². The summed E-state index contributed by atoms with van der Waals surface area (Å²) in [6, 6.07) is 7.69. The van der Waals surface area contributed by atoms with E-state index < -0.39 is 11.9 Å². The summed E-state index contributed by atoms with van der Waals surface area (Å²) in [5.74, 6) is -0.119. The topological polar surface area (TPSA) is 64.4 Å². The number of benzene rings is 1. The van der Waals surface area contributed by atoms with Gasteiger partial charge in [0, 0.05) is 6.54 Å². The molecule has 2 heterocycles. The smallest absolute Gasteiger partial charge is 0.320 e. The largest absolute Gasteiger partial charge is 0.465 e. The molecule has 0 radical (unpaired) electrons. The van der Waals surface area contributed by atoms with Crippen LogP contribution < -0.4 is 4.90 Å². The molecule has 1 aromatic heterocycles. The first-order valence-corrected chi connectivity index (χ1v) is 11.1. The maximum absolute atomic E-state index is 13.7. The SMILES string of the molecule is CCOC(=O)[C@@H]1C(=O)N(CCC(C)C)c2nc3ccccc3n2[C@H]1[C@H]1CC=CCC1. The normalized spacial score (nSPS) is 23.8. The molecule has 6 nitrogen and oxygen atoms in total. The third kappa shape index (κ3) is 3.64. The molecule has 30 heavy (non-hydrogen) atoms. The molecule has 1 amide bonds. The molecule has 4 rings (SSSR count). The summed E-state index contributed by atoms with van der Waals surface area (Å²) in [6.45, 7) is 6.88. The summed E-state index contributed by atoms with van der Waals surface area (Å²) in [5.41, 5.74) is 1.83. The Bertz CT molecular complexity index is 962. The van der Waals surface area contributed by atoms with Gasteiger partial charge in [-0.1, -0.05) is 38.1 Å². The zero-order valence-electron chi connectivity index (χ0n) is 18.1. The number of aromatic nitrogens is 2. The van der Waals surface area contributed by atoms with Gasteiger partial charge < -0.3 is 9.30 Å². The highest BCUT2D eigenvalue weighted by molar-refractivity contribution is 6.08. The molecule has 0 fully saturated rings. The molecule has 6 heteroatoms. The van der Waals surface area contributed by atoms with Gasteiger partial charge >= 0.3 is 5.97 Å². The second-order valence-corrected chi connectivity index (χ2v) is 8.71. The Morgan fingerprint density at radius 1 is 1.27 bits per heavy atom. The van der Waals surface area contributed by atoms with Crippen molar-refractivity contribution >= 4 is 28.9 Å². The lowest BCUT2D eigenvalue weighted by Crippen LogP contribution is -2.52. The van der Waals surface area contributed by atoms with Crippen LogP contribution in [-0.4, -0.2) is 34.6 Å². The van der Waals surface area contributed by atoms with E-state index in [4.69, 9.17) is 9.72 Å². The predicted molar refractivity (Wildman–Crippen MR) is 117 cm³/mol. The number of amides is 1. The number of rotatable bonds is 6. The third-order valence-corrected chi connectivity index (χ3v) is 6.25. The molecule has 1 aliphatic carbocycles. The molecule has 3 atom stereocenters. The number of fused-ring (bicyclic) bond motifs is 3. The Hall–Kier alpha value is -2.63. The minimum Gasteiger partial charge on any atom is -0.465 e. The summed E-state index contributed by atoms with van der Waals surface area (Å²) in [6.07, 6.45) is 7.96. The average molecular weight is 410 g/mol. The van der Waals surface area contributed by atoms with E-state index in [1.165, 1.54) is 0 Å². The summed E-state index contributed by atoms with van der Waals surface area (Å²) in [5, 5.41) is 0. The third-order valence-electron chi connectivity index (χ3n) is 6.25. The number of esters is 1. The second-order valence-electron chi connectivity index (χ2n) is 8.71. The van der Waals surface area contributed by atoms with Gasteiger partial charge in [-0.25, -0.2) is 4.98 Å². The summed E-state index contributed by atoms with van der Waals surface area (Å²) >= 11 is 0. The van der Waals surface area contributed by atoms with Gasteiger partial charge in [0.1, 0.15) is 0 Å². The molecule has 2 aromatic rings. The molecule has 0 N–H and O–H groups in total. The van der Waals surface area contributed by atoms with Crippen LogP contribution in [0.4, 0.5) is 5.95 Å². The van der Waals surface area contributed by atoms with E-state index in [1.54, 1.807) is 11.8 Å². The van der Waals surface area contributed by atoms with Crippen molar-refractivity contribution in [3.8, 4) is 0 Å². The van der Waals surface area contributed by atoms with Gasteiger partial charge in [-0.05, 0) is 56.6 Å². The number of para-hydroxylation sites is 2. The van der Waals surface area contributed by atoms with Crippen molar-refractivity contribution in [1.29, 1.82) is 0 Å². The van der Waals surface area contributed by atoms with Crippen LogP contribution in [0.25, 0.3) is 11.0 Å². The van der Waals surface area contributed by atoms with Crippen LogP contribution in [-0.2, 0) is 14.3 Å². The minimum absolute atomic E-state index is 0.170. The highest BCUT2D eigenvalue weighted by atomic mass is 16.5. The van der Waals surface area contributed by atoms with Gasteiger partial charge in [0.2, 0.25) is 11.9 Å². The molecular weight excluding hydrogens is 378 g/mol. The zero-order chi connectivity index (χ0) is 21.3. The molecular formula is C24H31N3O3. The number of anilines is 1. The van der Waals surface area contributed by atoms with Crippen LogP contribution in [0.1, 0.15) is 52.5 Å². The average Bonchev–Trinajstić information content (AvgIpc) is 3.12. The molecule has 0 saturated carbocycles. The van der Waals surface area contributed by atoms with E-state index in [2.05, 4.69) is 30.6 Å². The van der Waals surface area contributed by atoms with Crippen molar-refractivity contribution in [2.75, 3.05) is 18.1 Å². The van der Waals surface area contributed by atoms with Crippen LogP contribution in [0.2, 0.25) is 0 Å². The van der Waals surface area contributed by atoms with Crippen LogP contribution >= 0.6 is 0 Å². The molecule has 1 aliphatic heterocycles. The number of carbonyl (C=O) groups excluding carboxylic acids is 2. The number of allylic oxidation sites excluding steroid dienone is 2. The molecule has 1 aromatic carbocycles. The number of hydrogen-bond donors (Lipinski definition) is 0. The number of imidazole rings is 1. The van der Waals surface area contributed by atoms with Crippen molar-refractivity contribution < 1.29 is 14.3 Å². The first-order chi connectivity index (χ1) is 14.5. The number of ether oxygens (including phenoxy) is 1. The lowest BCUT2D eigenvalue weighted by Gasteiger charge is -2.41. The lowest BCUT2D eigenvalue weighted by atomic mass is 9.79. The molecule has 0 unspecified atom stereocenters. The van der Waals surface area contributed by atoms with Crippen molar-refractivity contribution in [2.45, 2.75) is 52.5 Å². The van der Waals surface area contributed by atoms with E-state index in [0.29, 0.717) is 18.4 Å². The second kappa shape index (κ2) is 8.62. The highest BCUT2D eigenvalue weighted by Gasteiger charge is 2.49. The van der Waals surface area contributed by atoms with Gasteiger partial charge in [0.15, 0.2) is 5.92 Å². The summed E-state index contributed by atoms with van der Waals surface area (Å²) in [4.78, 5) is 33.4. The van der Waals surface area contributed by atoms with E-state index in [0.717, 1.165) is 36.7 Å². The Morgan fingerprint density at radius 2 is 2.07 bits per heavy atom. The first kappa shape index (κ1) is 20.6. The molecule has 0 saturated heterocycles. The molecule has 160 valence electrons. The van der Waals surface area contributed by atoms with Crippen molar-refractivity contribution in [3.05, 3.63) is 36.4 Å². The van der Waals surface area contributed by atoms with E-state index in [-0.39, 0.29) is 24.5 Å². The van der Waals surface area contributed by atoms with Crippen molar-refractivity contribution in [3.63, 3.8) is 0 Å². The molecule has 2 aliphatic rings. The van der Waals surface area contributed by atoms with Gasteiger partial charge in [0.25, 0.3) is 0 Å². The van der Waals surface area contributed by atoms with E-state index >= 15 is 0 Å². The van der Waals surface area contributed by atoms with E-state index in [9.17, 15) is 9.59 Å². The maximum atomic E-state index is 13.7. The monoisotopic (exact) mass is 409 g/mol. The van der Waals surface area contributed by atoms with E-state index in [1.807, 2.05) is 24.3 Å². The molecule has 0 spiro atoms. The summed E-state index contributed by atoms with van der Waals surface area (Å²) < 4.78 is 7.57. The Kier molecular flexibility index (Phi) is 5.93. The predicted octanol–water partition coefficient (Wildman–Crippen LogP) is 4.51. The first-order valence-electron chi connectivity index (χ1n) is 11.1. The lowest BCUT2D eigenvalue weighted by molar-refractivity contribution is -0.155. The summed E-state index contributed by atoms with van der Waals surface area (Å²) in [7, 11) is 0. The van der Waals surface area contributed by atoms with Gasteiger partial charge in [-0.15, -0.1) is 0 Å². The van der Waals surface area contributed by atoms with Crippen LogP contribution in [0.3, 0.4) is 0 Å². The van der Waals surface area contributed by atoms with Crippen LogP contribution in [0, 0.1) is 17.8 Å². The Morgan fingerprint density at radius 3 is 2.77 bits per heavy atom. The fraction of sp³-hybridized carbons (Fsp3) is 0.542. The van der Waals surface area contributed by atoms with Crippen molar-refractivity contribution in [2.24, 2.45) is 17.8 Å². The minimum atomic E-state index is -0.835. The van der Waals surface area contributed by atoms with Crippen LogP contribution in [0.5, 0.6) is 0 Å². The fourth-order valence-corrected chi connectivity index (χ4v) is 4.76. The maximum Gasteiger partial charge on any atom is 0.320 e. The number of nitrogens with zero attached hydrogens (tertiary/aromatic N) is 3. The van der Waals surface area contributed by atoms with Gasteiger partial charge in [-0.2, -0.15) is 0 Å². The number of carbonyl (C=O) groups is 2. The fourth-order valence-electron chi connectivity index (χ4n) is 4.76. The quantitative estimate of drug-likeness (QED) is 0.400. The molecule has 0 bridgehead atoms. The van der Waals surface area contributed by atoms with Crippen molar-refractivity contribution in [1.82, 2.24) is 9.55 Å². The number of hydrogen-bond acceptors (Lipinski definition) is 4. The van der Waals surface area contributed by atoms with Gasteiger partial charge in [-0.3, -0.25) is 14.5 Å². The Labute approximate surface area is 177 Å². The van der Waals surface area contributed by atoms with Crippen LogP contribution in [0.15, 0.2) is 36.4 Å². The standard InChI is InChI=1S/C24H31N3O3/c1-4-30-23(29)20-21(17-10-6-5-7-11-17)27-19-13-9-8-12-18(19)25-24(27)26(22(20)28)15-14-16(2)3/h5-6,8-9,12-13,16-17,20-21H,4,7,10-11,14-15H2,1-3H3/t17-,20-,21-/m0/s1. The zero-order valence-corrected chi connectivity index (χ0v) is 18.1.